The van der Waals surface area contributed by atoms with Crippen molar-refractivity contribution in [3.05, 3.63) is 35.9 Å². The van der Waals surface area contributed by atoms with Gasteiger partial charge in [-0.3, -0.25) is 0 Å². The lowest BCUT2D eigenvalue weighted by molar-refractivity contribution is -0.139. The fraction of sp³-hybridized carbons (Fsp3) is 0.545. The molecule has 0 unspecified atom stereocenters. The number of nitrogens with one attached hydrogen (secondary N) is 1. The van der Waals surface area contributed by atoms with Gasteiger partial charge in [0, 0.05) is 0 Å². The SMILES string of the molecule is CC(C)[Si](c1ccc(/C=C/C[C@H](NC(=O)OC(C)(C)C)C(=O)O)cc1)C(C)C. The molecule has 5 nitrogen and oxygen atoms in total. The number of rotatable bonds is 8. The molecule has 1 radical (unpaired) electrons. The van der Waals surface area contributed by atoms with Gasteiger partial charge in [-0.25, -0.2) is 9.59 Å². The summed E-state index contributed by atoms with van der Waals surface area (Å²) in [6, 6.07) is 7.47. The Kier molecular flexibility index (Phi) is 8.95. The van der Waals surface area contributed by atoms with Gasteiger partial charge < -0.3 is 15.2 Å². The van der Waals surface area contributed by atoms with Gasteiger partial charge in [0.1, 0.15) is 11.6 Å². The summed E-state index contributed by atoms with van der Waals surface area (Å²) in [5, 5.41) is 13.1. The van der Waals surface area contributed by atoms with E-state index in [9.17, 15) is 14.7 Å². The van der Waals surface area contributed by atoms with E-state index < -0.39 is 32.5 Å². The Labute approximate surface area is 170 Å². The van der Waals surface area contributed by atoms with Gasteiger partial charge >= 0.3 is 12.1 Å². The van der Waals surface area contributed by atoms with Crippen LogP contribution in [0.1, 0.15) is 60.5 Å². The predicted molar refractivity (Wildman–Crippen MR) is 116 cm³/mol. The Morgan fingerprint density at radius 1 is 1.11 bits per heavy atom. The third kappa shape index (κ3) is 8.29. The molecular weight excluding hydrogens is 370 g/mol. The maximum atomic E-state index is 11.8. The van der Waals surface area contributed by atoms with E-state index >= 15 is 0 Å². The van der Waals surface area contributed by atoms with Crippen LogP contribution in [0.2, 0.25) is 11.1 Å². The van der Waals surface area contributed by atoms with Gasteiger partial charge in [-0.05, 0) is 43.8 Å². The van der Waals surface area contributed by atoms with E-state index in [1.165, 1.54) is 5.19 Å². The lowest BCUT2D eigenvalue weighted by atomic mass is 10.1. The Bertz CT molecular complexity index is 667. The van der Waals surface area contributed by atoms with E-state index in [0.717, 1.165) is 5.56 Å². The summed E-state index contributed by atoms with van der Waals surface area (Å²) in [6.45, 7) is 14.3. The van der Waals surface area contributed by atoms with Crippen LogP contribution in [0.15, 0.2) is 30.3 Å². The minimum Gasteiger partial charge on any atom is -0.480 e. The molecule has 0 aliphatic heterocycles. The van der Waals surface area contributed by atoms with Crippen LogP contribution >= 0.6 is 0 Å². The van der Waals surface area contributed by atoms with Crippen LogP contribution in [0.25, 0.3) is 6.08 Å². The van der Waals surface area contributed by atoms with Gasteiger partial charge in [-0.15, -0.1) is 0 Å². The first-order valence-corrected chi connectivity index (χ1v) is 11.4. The summed E-state index contributed by atoms with van der Waals surface area (Å²) in [7, 11) is -0.608. The highest BCUT2D eigenvalue weighted by Gasteiger charge is 2.23. The van der Waals surface area contributed by atoms with Gasteiger partial charge in [-0.1, -0.05) is 69.3 Å². The molecule has 1 aromatic rings. The molecule has 0 bridgehead atoms. The smallest absolute Gasteiger partial charge is 0.408 e. The summed E-state index contributed by atoms with van der Waals surface area (Å²) in [6.07, 6.45) is 3.11. The number of carboxylic acids is 1. The molecule has 0 fully saturated rings. The number of alkyl carbamates (subject to hydrolysis) is 1. The van der Waals surface area contributed by atoms with Crippen LogP contribution in [0, 0.1) is 0 Å². The fourth-order valence-electron chi connectivity index (χ4n) is 3.13. The summed E-state index contributed by atoms with van der Waals surface area (Å²) in [5.41, 5.74) is 1.68. The molecule has 155 valence electrons. The number of benzene rings is 1. The molecule has 1 atom stereocenters. The molecule has 1 amide bonds. The van der Waals surface area contributed by atoms with Crippen LogP contribution in [-0.2, 0) is 9.53 Å². The monoisotopic (exact) mass is 404 g/mol. The zero-order valence-corrected chi connectivity index (χ0v) is 19.1. The number of hydrogen-bond donors (Lipinski definition) is 2. The van der Waals surface area contributed by atoms with Gasteiger partial charge in [-0.2, -0.15) is 0 Å². The highest BCUT2D eigenvalue weighted by Crippen LogP contribution is 2.20. The lowest BCUT2D eigenvalue weighted by Crippen LogP contribution is -2.43. The molecular formula is C22H34NO4Si. The first-order chi connectivity index (χ1) is 12.9. The van der Waals surface area contributed by atoms with E-state index in [1.807, 2.05) is 6.08 Å². The Hall–Kier alpha value is -2.08. The molecule has 6 heteroatoms. The topological polar surface area (TPSA) is 75.6 Å². The third-order valence-electron chi connectivity index (χ3n) is 4.16. The molecule has 2 N–H and O–H groups in total. The molecule has 0 spiro atoms. The van der Waals surface area contributed by atoms with E-state index in [1.54, 1.807) is 26.8 Å². The van der Waals surface area contributed by atoms with Crippen molar-refractivity contribution in [2.45, 2.75) is 77.6 Å². The number of amides is 1. The van der Waals surface area contributed by atoms with Gasteiger partial charge in [0.05, 0.1) is 8.80 Å². The highest BCUT2D eigenvalue weighted by atomic mass is 28.3. The van der Waals surface area contributed by atoms with Crippen LogP contribution in [-0.4, -0.2) is 37.6 Å². The molecule has 28 heavy (non-hydrogen) atoms. The molecule has 0 aliphatic rings. The summed E-state index contributed by atoms with van der Waals surface area (Å²) in [4.78, 5) is 23.2. The van der Waals surface area contributed by atoms with Crippen LogP contribution in [0.4, 0.5) is 4.79 Å². The molecule has 0 saturated carbocycles. The van der Waals surface area contributed by atoms with Gasteiger partial charge in [0.2, 0.25) is 0 Å². The number of carboxylic acid groups (broad SMARTS) is 1. The maximum absolute atomic E-state index is 11.8. The van der Waals surface area contributed by atoms with E-state index in [2.05, 4.69) is 57.3 Å². The number of aliphatic carboxylic acids is 1. The normalized spacial score (nSPS) is 13.4. The zero-order valence-electron chi connectivity index (χ0n) is 18.1. The molecule has 0 aromatic heterocycles. The molecule has 0 aliphatic carbocycles. The molecule has 0 heterocycles. The summed E-state index contributed by atoms with van der Waals surface area (Å²) >= 11 is 0. The van der Waals surface area contributed by atoms with Crippen molar-refractivity contribution in [3.63, 3.8) is 0 Å². The summed E-state index contributed by atoms with van der Waals surface area (Å²) in [5.74, 6) is -1.09. The standard InChI is InChI=1S/C22H34NO4Si/c1-15(2)28(16(3)4)18-13-11-17(12-14-18)9-8-10-19(20(24)25)23-21(26)27-22(5,6)7/h8-9,11-16,19H,10H2,1-7H3,(H,23,26)(H,24,25)/b9-8+/t19-/m0/s1. The van der Waals surface area contributed by atoms with Gasteiger partial charge in [0.25, 0.3) is 0 Å². The largest absolute Gasteiger partial charge is 0.480 e. The predicted octanol–water partition coefficient (Wildman–Crippen LogP) is 4.59. The lowest BCUT2D eigenvalue weighted by Gasteiger charge is -2.23. The fourth-order valence-corrected chi connectivity index (χ4v) is 6.35. The first kappa shape index (κ1) is 24.0. The second kappa shape index (κ2) is 10.5. The Morgan fingerprint density at radius 3 is 2.07 bits per heavy atom. The summed E-state index contributed by atoms with van der Waals surface area (Å²) < 4.78 is 5.12. The van der Waals surface area contributed by atoms with Crippen LogP contribution < -0.4 is 10.5 Å². The second-order valence-corrected chi connectivity index (χ2v) is 12.4. The van der Waals surface area contributed by atoms with Crippen molar-refractivity contribution >= 4 is 32.1 Å². The molecule has 0 saturated heterocycles. The van der Waals surface area contributed by atoms with E-state index in [4.69, 9.17) is 4.74 Å². The minimum absolute atomic E-state index is 0.184. The van der Waals surface area contributed by atoms with Crippen LogP contribution in [0.5, 0.6) is 0 Å². The molecule has 1 rings (SSSR count). The van der Waals surface area contributed by atoms with Crippen molar-refractivity contribution in [3.8, 4) is 0 Å². The average Bonchev–Trinajstić information content (AvgIpc) is 2.52. The number of carbonyl (C=O) groups excluding carboxylic acids is 1. The maximum Gasteiger partial charge on any atom is 0.408 e. The minimum atomic E-state index is -1.09. The number of hydrogen-bond acceptors (Lipinski definition) is 3. The Morgan fingerprint density at radius 2 is 1.64 bits per heavy atom. The number of carbonyl (C=O) groups is 2. The zero-order chi connectivity index (χ0) is 21.5. The van der Waals surface area contributed by atoms with Gasteiger partial charge in [0.15, 0.2) is 0 Å². The first-order valence-electron chi connectivity index (χ1n) is 9.76. The third-order valence-corrected chi connectivity index (χ3v) is 7.65. The molecule has 1 aromatic carbocycles. The van der Waals surface area contributed by atoms with Crippen molar-refractivity contribution in [1.29, 1.82) is 0 Å². The van der Waals surface area contributed by atoms with Crippen LogP contribution in [0.3, 0.4) is 0 Å². The van der Waals surface area contributed by atoms with E-state index in [0.29, 0.717) is 11.1 Å². The van der Waals surface area contributed by atoms with Crippen molar-refractivity contribution in [2.24, 2.45) is 0 Å². The quantitative estimate of drug-likeness (QED) is 0.621. The number of ether oxygens (including phenoxy) is 1. The van der Waals surface area contributed by atoms with Crippen molar-refractivity contribution < 1.29 is 19.4 Å². The second-order valence-electron chi connectivity index (χ2n) is 8.56. The Balaban J connectivity index is 2.73. The van der Waals surface area contributed by atoms with E-state index in [-0.39, 0.29) is 6.42 Å². The average molecular weight is 405 g/mol. The van der Waals surface area contributed by atoms with Crippen molar-refractivity contribution in [1.82, 2.24) is 5.32 Å². The van der Waals surface area contributed by atoms with Crippen molar-refractivity contribution in [2.75, 3.05) is 0 Å². The highest BCUT2D eigenvalue weighted by molar-refractivity contribution is 6.75.